The van der Waals surface area contributed by atoms with E-state index < -0.39 is 0 Å². The average Bonchev–Trinajstić information content (AvgIpc) is 2.92. The van der Waals surface area contributed by atoms with Crippen LogP contribution in [0.15, 0.2) is 47.2 Å². The van der Waals surface area contributed by atoms with E-state index in [1.165, 1.54) is 0 Å². The molecule has 122 valence electrons. The lowest BCUT2D eigenvalue weighted by molar-refractivity contribution is 0.0950. The van der Waals surface area contributed by atoms with E-state index in [1.54, 1.807) is 29.2 Å². The highest BCUT2D eigenvalue weighted by Crippen LogP contribution is 2.11. The minimum atomic E-state index is -0.188. The van der Waals surface area contributed by atoms with Gasteiger partial charge in [-0.2, -0.15) is 5.10 Å². The molecule has 3 aromatic heterocycles. The number of nitrogens with zero attached hydrogens (tertiary/aromatic N) is 4. The van der Waals surface area contributed by atoms with Crippen LogP contribution in [0.5, 0.6) is 0 Å². The number of nitrogens with one attached hydrogen (secondary N) is 1. The number of amides is 1. The van der Waals surface area contributed by atoms with Crippen LogP contribution in [0.2, 0.25) is 0 Å². The molecule has 0 aliphatic heterocycles. The van der Waals surface area contributed by atoms with Crippen LogP contribution in [0.1, 0.15) is 27.4 Å². The Morgan fingerprint density at radius 2 is 2.00 bits per heavy atom. The van der Waals surface area contributed by atoms with Gasteiger partial charge < -0.3 is 5.32 Å². The molecule has 0 aliphatic carbocycles. The van der Waals surface area contributed by atoms with Crippen LogP contribution < -0.4 is 5.32 Å². The summed E-state index contributed by atoms with van der Waals surface area (Å²) < 4.78 is 2.66. The molecule has 7 heteroatoms. The van der Waals surface area contributed by atoms with Crippen molar-refractivity contribution in [3.8, 4) is 5.82 Å². The molecular formula is C17H16BrN5O. The van der Waals surface area contributed by atoms with Gasteiger partial charge in [-0.3, -0.25) is 9.78 Å². The molecule has 6 nitrogen and oxygen atoms in total. The second-order valence-electron chi connectivity index (χ2n) is 5.39. The lowest BCUT2D eigenvalue weighted by Gasteiger charge is -2.07. The fourth-order valence-corrected chi connectivity index (χ4v) is 2.52. The molecule has 3 aromatic rings. The lowest BCUT2D eigenvalue weighted by atomic mass is 10.2. The number of carbonyl (C=O) groups is 1. The Bertz CT molecular complexity index is 856. The third kappa shape index (κ3) is 3.68. The second-order valence-corrected chi connectivity index (χ2v) is 6.31. The highest BCUT2D eigenvalue weighted by molar-refractivity contribution is 9.10. The Morgan fingerprint density at radius 1 is 1.17 bits per heavy atom. The molecule has 0 aromatic carbocycles. The van der Waals surface area contributed by atoms with E-state index in [-0.39, 0.29) is 5.91 Å². The van der Waals surface area contributed by atoms with Gasteiger partial charge in [0.15, 0.2) is 5.82 Å². The van der Waals surface area contributed by atoms with E-state index in [9.17, 15) is 4.79 Å². The highest BCUT2D eigenvalue weighted by Gasteiger charge is 2.09. The molecule has 0 spiro atoms. The monoisotopic (exact) mass is 385 g/mol. The van der Waals surface area contributed by atoms with Gasteiger partial charge in [0.25, 0.3) is 5.91 Å². The predicted octanol–water partition coefficient (Wildman–Crippen LogP) is 2.97. The van der Waals surface area contributed by atoms with Gasteiger partial charge in [-0.05, 0) is 60.1 Å². The van der Waals surface area contributed by atoms with Crippen LogP contribution >= 0.6 is 15.9 Å². The number of aromatic nitrogens is 4. The zero-order valence-electron chi connectivity index (χ0n) is 13.3. The molecule has 0 bridgehead atoms. The van der Waals surface area contributed by atoms with E-state index in [4.69, 9.17) is 0 Å². The number of hydrogen-bond acceptors (Lipinski definition) is 4. The van der Waals surface area contributed by atoms with Gasteiger partial charge in [-0.25, -0.2) is 9.67 Å². The van der Waals surface area contributed by atoms with Crippen molar-refractivity contribution in [3.63, 3.8) is 0 Å². The average molecular weight is 386 g/mol. The Balaban J connectivity index is 1.67. The molecule has 1 amide bonds. The molecule has 0 atom stereocenters. The van der Waals surface area contributed by atoms with E-state index in [2.05, 4.69) is 36.3 Å². The fourth-order valence-electron chi connectivity index (χ4n) is 2.29. The van der Waals surface area contributed by atoms with E-state index in [1.807, 2.05) is 32.0 Å². The van der Waals surface area contributed by atoms with Gasteiger partial charge in [-0.1, -0.05) is 0 Å². The molecule has 3 heterocycles. The maximum absolute atomic E-state index is 12.2. The topological polar surface area (TPSA) is 72.7 Å². The van der Waals surface area contributed by atoms with Crippen molar-refractivity contribution in [2.75, 3.05) is 0 Å². The zero-order chi connectivity index (χ0) is 17.1. The Hall–Kier alpha value is -2.54. The summed E-state index contributed by atoms with van der Waals surface area (Å²) in [5.74, 6) is 0.499. The summed E-state index contributed by atoms with van der Waals surface area (Å²) in [5.41, 5.74) is 3.22. The van der Waals surface area contributed by atoms with Gasteiger partial charge in [0.05, 0.1) is 23.5 Å². The van der Waals surface area contributed by atoms with Crippen LogP contribution in [-0.2, 0) is 6.54 Å². The third-order valence-corrected chi connectivity index (χ3v) is 3.92. The maximum Gasteiger partial charge on any atom is 0.253 e. The van der Waals surface area contributed by atoms with Gasteiger partial charge in [0.1, 0.15) is 0 Å². The molecule has 0 fully saturated rings. The quantitative estimate of drug-likeness (QED) is 0.748. The number of pyridine rings is 2. The Labute approximate surface area is 148 Å². The molecule has 0 saturated heterocycles. The maximum atomic E-state index is 12.2. The Morgan fingerprint density at radius 3 is 2.58 bits per heavy atom. The van der Waals surface area contributed by atoms with Gasteiger partial charge >= 0.3 is 0 Å². The van der Waals surface area contributed by atoms with Crippen molar-refractivity contribution in [1.82, 2.24) is 25.1 Å². The molecule has 0 saturated carbocycles. The first-order valence-electron chi connectivity index (χ1n) is 7.41. The fraction of sp³-hybridized carbons (Fsp3) is 0.176. The minimum absolute atomic E-state index is 0.188. The van der Waals surface area contributed by atoms with Crippen LogP contribution in [0.3, 0.4) is 0 Å². The second kappa shape index (κ2) is 6.92. The summed E-state index contributed by atoms with van der Waals surface area (Å²) in [6.07, 6.45) is 3.25. The number of carbonyl (C=O) groups excluding carboxylic acids is 1. The van der Waals surface area contributed by atoms with Crippen molar-refractivity contribution < 1.29 is 4.79 Å². The van der Waals surface area contributed by atoms with Crippen LogP contribution in [0.4, 0.5) is 0 Å². The predicted molar refractivity (Wildman–Crippen MR) is 93.9 cm³/mol. The van der Waals surface area contributed by atoms with Crippen LogP contribution in [-0.4, -0.2) is 25.7 Å². The summed E-state index contributed by atoms with van der Waals surface area (Å²) in [5, 5.41) is 7.21. The van der Waals surface area contributed by atoms with Crippen molar-refractivity contribution in [3.05, 3.63) is 69.8 Å². The van der Waals surface area contributed by atoms with Gasteiger partial charge in [0, 0.05) is 22.6 Å². The summed E-state index contributed by atoms with van der Waals surface area (Å²) in [4.78, 5) is 20.7. The number of halogens is 1. The van der Waals surface area contributed by atoms with Gasteiger partial charge in [0.2, 0.25) is 0 Å². The van der Waals surface area contributed by atoms with Crippen molar-refractivity contribution in [1.29, 1.82) is 0 Å². The van der Waals surface area contributed by atoms with E-state index in [0.717, 1.165) is 21.6 Å². The van der Waals surface area contributed by atoms with Crippen LogP contribution in [0, 0.1) is 13.8 Å². The summed E-state index contributed by atoms with van der Waals surface area (Å²) in [6.45, 7) is 4.26. The Kier molecular flexibility index (Phi) is 4.71. The van der Waals surface area contributed by atoms with E-state index >= 15 is 0 Å². The molecule has 0 unspecified atom stereocenters. The normalized spacial score (nSPS) is 10.6. The summed E-state index contributed by atoms with van der Waals surface area (Å²) in [6, 6.07) is 9.25. The third-order valence-electron chi connectivity index (χ3n) is 3.46. The number of hydrogen-bond donors (Lipinski definition) is 1. The van der Waals surface area contributed by atoms with E-state index in [0.29, 0.717) is 17.9 Å². The molecule has 3 rings (SSSR count). The molecule has 1 N–H and O–H groups in total. The first-order chi connectivity index (χ1) is 11.5. The highest BCUT2D eigenvalue weighted by atomic mass is 79.9. The SMILES string of the molecule is Cc1cc(C)n(-c2ccc(C(=O)NCc3ccc(Br)cn3)cn2)n1. The van der Waals surface area contributed by atoms with Crippen molar-refractivity contribution in [2.24, 2.45) is 0 Å². The van der Waals surface area contributed by atoms with Gasteiger partial charge in [-0.15, -0.1) is 0 Å². The van der Waals surface area contributed by atoms with Crippen molar-refractivity contribution in [2.45, 2.75) is 20.4 Å². The zero-order valence-corrected chi connectivity index (χ0v) is 14.9. The number of aryl methyl sites for hydroxylation is 2. The largest absolute Gasteiger partial charge is 0.346 e. The lowest BCUT2D eigenvalue weighted by Crippen LogP contribution is -2.23. The first-order valence-corrected chi connectivity index (χ1v) is 8.20. The molecule has 0 radical (unpaired) electrons. The summed E-state index contributed by atoms with van der Waals surface area (Å²) >= 11 is 3.33. The molecular weight excluding hydrogens is 370 g/mol. The molecule has 24 heavy (non-hydrogen) atoms. The smallest absolute Gasteiger partial charge is 0.253 e. The number of rotatable bonds is 4. The molecule has 0 aliphatic rings. The summed E-state index contributed by atoms with van der Waals surface area (Å²) in [7, 11) is 0. The van der Waals surface area contributed by atoms with Crippen molar-refractivity contribution >= 4 is 21.8 Å². The van der Waals surface area contributed by atoms with Crippen LogP contribution in [0.25, 0.3) is 5.82 Å². The minimum Gasteiger partial charge on any atom is -0.346 e. The standard InChI is InChI=1S/C17H16BrN5O/c1-11-7-12(2)23(22-11)16-6-3-13(8-20-16)17(24)21-10-15-5-4-14(18)9-19-15/h3-9H,10H2,1-2H3,(H,21,24). The first kappa shape index (κ1) is 16.3.